The van der Waals surface area contributed by atoms with Crippen LogP contribution in [0.2, 0.25) is 0 Å². The molecule has 0 spiro atoms. The first kappa shape index (κ1) is 16.9. The molecule has 0 aromatic rings. The van der Waals surface area contributed by atoms with Gasteiger partial charge in [-0.1, -0.05) is 0 Å². The molecule has 0 bridgehead atoms. The van der Waals surface area contributed by atoms with Crippen LogP contribution in [0.1, 0.15) is 32.6 Å². The zero-order chi connectivity index (χ0) is 15.2. The van der Waals surface area contributed by atoms with E-state index in [1.54, 1.807) is 0 Å². The maximum Gasteiger partial charge on any atom is 0.303 e. The number of hydrogen-bond acceptors (Lipinski definition) is 5. The SMILES string of the molecule is CC(=O)OCC1CCC(CN(C)S(=O)(=O)NC=O)CC1. The first-order valence-corrected chi connectivity index (χ1v) is 8.09. The fourth-order valence-electron chi connectivity index (χ4n) is 2.43. The highest BCUT2D eigenvalue weighted by Gasteiger charge is 2.26. The Hall–Kier alpha value is -1.15. The van der Waals surface area contributed by atoms with E-state index in [0.717, 1.165) is 25.7 Å². The molecule has 0 unspecified atom stereocenters. The van der Waals surface area contributed by atoms with Crippen LogP contribution in [0.4, 0.5) is 0 Å². The van der Waals surface area contributed by atoms with E-state index in [2.05, 4.69) is 0 Å². The van der Waals surface area contributed by atoms with Crippen LogP contribution < -0.4 is 4.72 Å². The molecular formula is C12H22N2O5S. The fraction of sp³-hybridized carbons (Fsp3) is 0.833. The molecular weight excluding hydrogens is 284 g/mol. The van der Waals surface area contributed by atoms with E-state index < -0.39 is 10.2 Å². The van der Waals surface area contributed by atoms with E-state index in [0.29, 0.717) is 19.1 Å². The lowest BCUT2D eigenvalue weighted by molar-refractivity contribution is -0.142. The van der Waals surface area contributed by atoms with Crippen molar-refractivity contribution in [3.63, 3.8) is 0 Å². The molecule has 1 aliphatic carbocycles. The van der Waals surface area contributed by atoms with Gasteiger partial charge in [0.25, 0.3) is 0 Å². The summed E-state index contributed by atoms with van der Waals surface area (Å²) in [5, 5.41) is 0. The minimum absolute atomic E-state index is 0.168. The molecule has 0 aromatic carbocycles. The number of carbonyl (C=O) groups is 2. The third kappa shape index (κ3) is 5.46. The summed E-state index contributed by atoms with van der Waals surface area (Å²) in [5.41, 5.74) is 0. The van der Waals surface area contributed by atoms with Gasteiger partial charge < -0.3 is 4.74 Å². The standard InChI is InChI=1S/C12H22N2O5S/c1-10(16)19-8-12-5-3-11(4-6-12)7-14(2)20(17,18)13-9-15/h9,11-12H,3-8H2,1-2H3,(H,13,15). The van der Waals surface area contributed by atoms with E-state index in [4.69, 9.17) is 4.74 Å². The molecule has 0 radical (unpaired) electrons. The Kier molecular flexibility index (Phi) is 6.41. The predicted octanol–water partition coefficient (Wildman–Crippen LogP) is 0.279. The summed E-state index contributed by atoms with van der Waals surface area (Å²) in [6.07, 6.45) is 3.81. The summed E-state index contributed by atoms with van der Waals surface area (Å²) in [6, 6.07) is 0. The number of rotatable bonds is 7. The monoisotopic (exact) mass is 306 g/mol. The van der Waals surface area contributed by atoms with Crippen molar-refractivity contribution < 1.29 is 22.7 Å². The number of carbonyl (C=O) groups excluding carboxylic acids is 2. The lowest BCUT2D eigenvalue weighted by Crippen LogP contribution is -2.40. The van der Waals surface area contributed by atoms with Crippen molar-refractivity contribution >= 4 is 22.6 Å². The van der Waals surface area contributed by atoms with Gasteiger partial charge in [-0.05, 0) is 37.5 Å². The van der Waals surface area contributed by atoms with Crippen LogP contribution in [-0.2, 0) is 24.5 Å². The molecule has 0 atom stereocenters. The second-order valence-electron chi connectivity index (χ2n) is 5.21. The third-order valence-electron chi connectivity index (χ3n) is 3.61. The topological polar surface area (TPSA) is 92.8 Å². The molecule has 20 heavy (non-hydrogen) atoms. The number of nitrogens with one attached hydrogen (secondary N) is 1. The molecule has 8 heteroatoms. The van der Waals surface area contributed by atoms with Gasteiger partial charge >= 0.3 is 16.2 Å². The van der Waals surface area contributed by atoms with Gasteiger partial charge in [0.15, 0.2) is 0 Å². The minimum atomic E-state index is -3.70. The minimum Gasteiger partial charge on any atom is -0.466 e. The van der Waals surface area contributed by atoms with Crippen molar-refractivity contribution in [1.29, 1.82) is 0 Å². The van der Waals surface area contributed by atoms with Gasteiger partial charge in [0, 0.05) is 20.5 Å². The number of ether oxygens (including phenoxy) is 1. The number of esters is 1. The lowest BCUT2D eigenvalue weighted by Gasteiger charge is -2.30. The maximum absolute atomic E-state index is 11.6. The molecule has 0 aliphatic heterocycles. The molecule has 0 saturated heterocycles. The second-order valence-corrected chi connectivity index (χ2v) is 7.02. The molecule has 1 fully saturated rings. The Balaban J connectivity index is 2.35. The average Bonchev–Trinajstić information content (AvgIpc) is 2.37. The van der Waals surface area contributed by atoms with Gasteiger partial charge in [-0.15, -0.1) is 0 Å². The number of nitrogens with zero attached hydrogens (tertiary/aromatic N) is 1. The summed E-state index contributed by atoms with van der Waals surface area (Å²) in [6.45, 7) is 2.23. The van der Waals surface area contributed by atoms with Gasteiger partial charge in [0.2, 0.25) is 6.41 Å². The van der Waals surface area contributed by atoms with Gasteiger partial charge in [-0.25, -0.2) is 4.72 Å². The third-order valence-corrected chi connectivity index (χ3v) is 4.98. The summed E-state index contributed by atoms with van der Waals surface area (Å²) in [5.74, 6) is 0.375. The van der Waals surface area contributed by atoms with Crippen LogP contribution in [0.5, 0.6) is 0 Å². The first-order chi connectivity index (χ1) is 9.35. The van der Waals surface area contributed by atoms with Crippen molar-refractivity contribution in [1.82, 2.24) is 9.03 Å². The fourth-order valence-corrected chi connectivity index (χ4v) is 3.14. The molecule has 1 N–H and O–H groups in total. The zero-order valence-corrected chi connectivity index (χ0v) is 12.7. The highest BCUT2D eigenvalue weighted by atomic mass is 32.2. The van der Waals surface area contributed by atoms with E-state index in [1.165, 1.54) is 18.3 Å². The van der Waals surface area contributed by atoms with Crippen molar-refractivity contribution in [2.75, 3.05) is 20.2 Å². The molecule has 1 aliphatic rings. The molecule has 1 saturated carbocycles. The highest BCUT2D eigenvalue weighted by Crippen LogP contribution is 2.29. The predicted molar refractivity (Wildman–Crippen MR) is 72.8 cm³/mol. The Labute approximate surface area is 119 Å². The highest BCUT2D eigenvalue weighted by molar-refractivity contribution is 7.87. The summed E-state index contributed by atoms with van der Waals surface area (Å²) >= 11 is 0. The van der Waals surface area contributed by atoms with Crippen LogP contribution in [0.15, 0.2) is 0 Å². The van der Waals surface area contributed by atoms with Crippen LogP contribution in [-0.4, -0.2) is 45.3 Å². The van der Waals surface area contributed by atoms with Crippen molar-refractivity contribution in [2.24, 2.45) is 11.8 Å². The van der Waals surface area contributed by atoms with Gasteiger partial charge in [-0.3, -0.25) is 9.59 Å². The van der Waals surface area contributed by atoms with Crippen LogP contribution >= 0.6 is 0 Å². The summed E-state index contributed by atoms with van der Waals surface area (Å²) < 4.78 is 31.1. The van der Waals surface area contributed by atoms with Crippen LogP contribution in [0.25, 0.3) is 0 Å². The second kappa shape index (κ2) is 7.58. The van der Waals surface area contributed by atoms with Crippen molar-refractivity contribution in [3.05, 3.63) is 0 Å². The van der Waals surface area contributed by atoms with Crippen LogP contribution in [0.3, 0.4) is 0 Å². The molecule has 0 heterocycles. The van der Waals surface area contributed by atoms with E-state index in [1.807, 2.05) is 4.72 Å². The largest absolute Gasteiger partial charge is 0.466 e. The number of amides is 1. The molecule has 1 amide bonds. The van der Waals surface area contributed by atoms with Gasteiger partial charge in [-0.2, -0.15) is 12.7 Å². The van der Waals surface area contributed by atoms with Crippen LogP contribution in [0, 0.1) is 11.8 Å². The smallest absolute Gasteiger partial charge is 0.303 e. The quantitative estimate of drug-likeness (QED) is 0.538. The molecule has 1 rings (SSSR count). The zero-order valence-electron chi connectivity index (χ0n) is 11.9. The van der Waals surface area contributed by atoms with Gasteiger partial charge in [0.1, 0.15) is 0 Å². The summed E-state index contributed by atoms with van der Waals surface area (Å²) in [4.78, 5) is 21.0. The Bertz CT molecular complexity index is 429. The van der Waals surface area contributed by atoms with E-state index >= 15 is 0 Å². The first-order valence-electron chi connectivity index (χ1n) is 6.65. The van der Waals surface area contributed by atoms with Gasteiger partial charge in [0.05, 0.1) is 6.61 Å². The van der Waals surface area contributed by atoms with Crippen molar-refractivity contribution in [2.45, 2.75) is 32.6 Å². The molecule has 0 aromatic heterocycles. The van der Waals surface area contributed by atoms with Crippen molar-refractivity contribution in [3.8, 4) is 0 Å². The molecule has 116 valence electrons. The summed E-state index contributed by atoms with van der Waals surface area (Å²) in [7, 11) is -2.24. The average molecular weight is 306 g/mol. The Morgan fingerprint density at radius 2 is 1.85 bits per heavy atom. The van der Waals surface area contributed by atoms with E-state index in [9.17, 15) is 18.0 Å². The molecule has 7 nitrogen and oxygen atoms in total. The maximum atomic E-state index is 11.6. The van der Waals surface area contributed by atoms with E-state index in [-0.39, 0.29) is 18.3 Å². The Morgan fingerprint density at radius 3 is 2.35 bits per heavy atom. The Morgan fingerprint density at radius 1 is 1.30 bits per heavy atom. The normalized spacial score (nSPS) is 23.4. The lowest BCUT2D eigenvalue weighted by atomic mass is 9.82. The number of hydrogen-bond donors (Lipinski definition) is 1.